The first-order valence-electron chi connectivity index (χ1n) is 13.8. The fourth-order valence-electron chi connectivity index (χ4n) is 4.55. The van der Waals surface area contributed by atoms with E-state index < -0.39 is 0 Å². The Hall–Kier alpha value is -2.78. The maximum absolute atomic E-state index is 4.74. The van der Waals surface area contributed by atoms with E-state index in [0.717, 1.165) is 96.3 Å². The van der Waals surface area contributed by atoms with Crippen molar-refractivity contribution in [3.8, 4) is 0 Å². The Bertz CT molecular complexity index is 1150. The van der Waals surface area contributed by atoms with E-state index in [2.05, 4.69) is 110 Å². The zero-order valence-electron chi connectivity index (χ0n) is 24.1. The van der Waals surface area contributed by atoms with Gasteiger partial charge >= 0.3 is 0 Å². The van der Waals surface area contributed by atoms with Crippen molar-refractivity contribution in [2.75, 3.05) is 24.6 Å². The summed E-state index contributed by atoms with van der Waals surface area (Å²) in [5.41, 5.74) is 8.66. The van der Waals surface area contributed by atoms with Gasteiger partial charge in [-0.1, -0.05) is 45.9 Å². The van der Waals surface area contributed by atoms with Crippen LogP contribution in [0.5, 0.6) is 0 Å². The molecule has 6 nitrogen and oxygen atoms in total. The molecule has 0 aliphatic carbocycles. The van der Waals surface area contributed by atoms with Crippen LogP contribution in [0.2, 0.25) is 0 Å². The van der Waals surface area contributed by atoms with E-state index in [1.807, 2.05) is 21.6 Å². The second-order valence-electron chi connectivity index (χ2n) is 10.1. The summed E-state index contributed by atoms with van der Waals surface area (Å²) in [6.45, 7) is 13.5. The highest BCUT2D eigenvalue weighted by molar-refractivity contribution is 8.76. The van der Waals surface area contributed by atoms with E-state index >= 15 is 0 Å². The van der Waals surface area contributed by atoms with Crippen LogP contribution in [0.4, 0.5) is 0 Å². The van der Waals surface area contributed by atoms with Crippen molar-refractivity contribution in [3.05, 3.63) is 118 Å². The summed E-state index contributed by atoms with van der Waals surface area (Å²) in [7, 11) is 3.89. The Morgan fingerprint density at radius 3 is 0.975 bits per heavy atom. The van der Waals surface area contributed by atoms with Crippen molar-refractivity contribution in [1.29, 1.82) is 0 Å². The fourth-order valence-corrected chi connectivity index (χ4v) is 6.60. The van der Waals surface area contributed by atoms with Crippen LogP contribution in [-0.2, 0) is 26.2 Å². The largest absolute Gasteiger partial charge is 0.291 e. The molecule has 4 aromatic rings. The predicted octanol–water partition coefficient (Wildman–Crippen LogP) is 6.59. The van der Waals surface area contributed by atoms with E-state index in [0.29, 0.717) is 0 Å². The summed E-state index contributed by atoms with van der Waals surface area (Å²) in [6.07, 6.45) is 0. The number of pyridine rings is 4. The molecule has 40 heavy (non-hydrogen) atoms. The summed E-state index contributed by atoms with van der Waals surface area (Å²) in [4.78, 5) is 23.9. The minimum Gasteiger partial charge on any atom is -0.291 e. The van der Waals surface area contributed by atoms with Crippen LogP contribution >= 0.6 is 21.6 Å². The van der Waals surface area contributed by atoms with Crippen LogP contribution < -0.4 is 0 Å². The van der Waals surface area contributed by atoms with Crippen molar-refractivity contribution in [3.63, 3.8) is 0 Å². The molecule has 0 saturated heterocycles. The average Bonchev–Trinajstić information content (AvgIpc) is 2.90. The highest BCUT2D eigenvalue weighted by Crippen LogP contribution is 2.22. The third-order valence-corrected chi connectivity index (χ3v) is 8.76. The van der Waals surface area contributed by atoms with Gasteiger partial charge in [-0.3, -0.25) is 29.7 Å². The van der Waals surface area contributed by atoms with Crippen LogP contribution in [0.1, 0.15) is 45.6 Å². The molecule has 0 aliphatic heterocycles. The van der Waals surface area contributed by atoms with Gasteiger partial charge in [-0.25, -0.2) is 0 Å². The number of aryl methyl sites for hydroxylation is 4. The quantitative estimate of drug-likeness (QED) is 0.117. The van der Waals surface area contributed by atoms with Crippen LogP contribution in [0, 0.1) is 27.7 Å². The number of hydrogen-bond donors (Lipinski definition) is 0. The Kier molecular flexibility index (Phi) is 12.0. The Morgan fingerprint density at radius 1 is 0.450 bits per heavy atom. The molecular weight excluding hydrogens is 533 g/mol. The molecule has 8 heteroatoms. The van der Waals surface area contributed by atoms with Gasteiger partial charge in [0.25, 0.3) is 0 Å². The van der Waals surface area contributed by atoms with Crippen molar-refractivity contribution >= 4 is 21.6 Å². The molecule has 0 fully saturated rings. The van der Waals surface area contributed by atoms with Crippen molar-refractivity contribution in [1.82, 2.24) is 29.7 Å². The van der Waals surface area contributed by atoms with Crippen LogP contribution in [0.3, 0.4) is 0 Å². The molecular formula is C32H40N6S2. The lowest BCUT2D eigenvalue weighted by Gasteiger charge is -2.23. The topological polar surface area (TPSA) is 58.0 Å². The lowest BCUT2D eigenvalue weighted by atomic mass is 10.2. The second kappa shape index (κ2) is 15.9. The molecule has 0 spiro atoms. The summed E-state index contributed by atoms with van der Waals surface area (Å²) in [5, 5.41) is 0. The molecule has 0 aliphatic rings. The average molecular weight is 573 g/mol. The smallest absolute Gasteiger partial charge is 0.0547 e. The third kappa shape index (κ3) is 10.7. The summed E-state index contributed by atoms with van der Waals surface area (Å²) in [5.74, 6) is 2.09. The van der Waals surface area contributed by atoms with Gasteiger partial charge in [-0.05, 0) is 76.2 Å². The Labute approximate surface area is 247 Å². The molecule has 0 unspecified atom stereocenters. The molecule has 0 N–H and O–H groups in total. The number of hydrogen-bond acceptors (Lipinski definition) is 8. The van der Waals surface area contributed by atoms with Gasteiger partial charge in [0.15, 0.2) is 0 Å². The maximum atomic E-state index is 4.74. The van der Waals surface area contributed by atoms with E-state index in [1.165, 1.54) is 0 Å². The van der Waals surface area contributed by atoms with E-state index in [4.69, 9.17) is 19.9 Å². The Balaban J connectivity index is 1.29. The monoisotopic (exact) mass is 572 g/mol. The van der Waals surface area contributed by atoms with Gasteiger partial charge in [-0.15, -0.1) is 0 Å². The molecule has 0 saturated carbocycles. The number of rotatable bonds is 15. The Morgan fingerprint density at radius 2 is 0.725 bits per heavy atom. The molecule has 4 rings (SSSR count). The van der Waals surface area contributed by atoms with Crippen LogP contribution in [0.25, 0.3) is 0 Å². The fraction of sp³-hybridized carbons (Fsp3) is 0.375. The predicted molar refractivity (Wildman–Crippen MR) is 169 cm³/mol. The first kappa shape index (κ1) is 30.2. The van der Waals surface area contributed by atoms with Crippen molar-refractivity contribution in [2.45, 2.75) is 53.9 Å². The zero-order chi connectivity index (χ0) is 28.2. The van der Waals surface area contributed by atoms with E-state index in [1.54, 1.807) is 0 Å². The summed E-state index contributed by atoms with van der Waals surface area (Å²) in [6, 6.07) is 25.0. The van der Waals surface area contributed by atoms with E-state index in [-0.39, 0.29) is 0 Å². The lowest BCUT2D eigenvalue weighted by Crippen LogP contribution is -2.27. The van der Waals surface area contributed by atoms with Gasteiger partial charge in [0.05, 0.1) is 22.8 Å². The maximum Gasteiger partial charge on any atom is 0.0547 e. The first-order valence-corrected chi connectivity index (χ1v) is 16.3. The van der Waals surface area contributed by atoms with Crippen LogP contribution in [0.15, 0.2) is 72.8 Å². The molecule has 0 atom stereocenters. The van der Waals surface area contributed by atoms with Gasteiger partial charge in [0.1, 0.15) is 0 Å². The minimum atomic E-state index is 0.823. The van der Waals surface area contributed by atoms with Gasteiger partial charge in [0.2, 0.25) is 0 Å². The second-order valence-corrected chi connectivity index (χ2v) is 12.8. The van der Waals surface area contributed by atoms with Gasteiger partial charge in [-0.2, -0.15) is 0 Å². The number of aromatic nitrogens is 4. The zero-order valence-corrected chi connectivity index (χ0v) is 25.7. The number of nitrogens with zero attached hydrogens (tertiary/aromatic N) is 6. The van der Waals surface area contributed by atoms with E-state index in [9.17, 15) is 0 Å². The SMILES string of the molecule is Cc1cccc(CN(CCSSCCN(Cc2cccc(C)n2)Cc2cccc(C)n2)Cc2cccc(C)n2)n1. The molecule has 210 valence electrons. The first-order chi connectivity index (χ1) is 19.4. The lowest BCUT2D eigenvalue weighted by molar-refractivity contribution is 0.266. The highest BCUT2D eigenvalue weighted by atomic mass is 33.1. The van der Waals surface area contributed by atoms with Crippen molar-refractivity contribution in [2.24, 2.45) is 0 Å². The van der Waals surface area contributed by atoms with Gasteiger partial charge < -0.3 is 0 Å². The van der Waals surface area contributed by atoms with Crippen LogP contribution in [-0.4, -0.2) is 54.3 Å². The molecule has 0 bridgehead atoms. The third-order valence-electron chi connectivity index (χ3n) is 6.39. The summed E-state index contributed by atoms with van der Waals surface area (Å²) >= 11 is 0. The molecule has 4 heterocycles. The highest BCUT2D eigenvalue weighted by Gasteiger charge is 2.12. The minimum absolute atomic E-state index is 0.823. The summed E-state index contributed by atoms with van der Waals surface area (Å²) < 4.78 is 0. The standard InChI is InChI=1S/C32H40N6S2/c1-25-9-5-13-29(33-25)21-37(22-30-14-6-10-26(2)34-30)17-19-39-40-20-18-38(23-31-15-7-11-27(3)35-31)24-32-16-8-12-28(4)36-32/h5-16H,17-24H2,1-4H3. The van der Waals surface area contributed by atoms with Crippen molar-refractivity contribution < 1.29 is 0 Å². The molecule has 0 amide bonds. The van der Waals surface area contributed by atoms with Gasteiger partial charge in [0, 0.05) is 73.5 Å². The molecule has 0 aromatic carbocycles. The normalized spacial score (nSPS) is 11.4. The molecule has 0 radical (unpaired) electrons. The molecule has 4 aromatic heterocycles.